The van der Waals surface area contributed by atoms with Crippen LogP contribution in [0.5, 0.6) is 0 Å². The highest BCUT2D eigenvalue weighted by Crippen LogP contribution is 2.12. The van der Waals surface area contributed by atoms with E-state index in [-0.39, 0.29) is 5.78 Å². The van der Waals surface area contributed by atoms with E-state index in [2.05, 4.69) is 39.8 Å². The van der Waals surface area contributed by atoms with Crippen LogP contribution in [0.4, 0.5) is 11.6 Å². The van der Waals surface area contributed by atoms with Gasteiger partial charge in [-0.3, -0.25) is 10.1 Å². The van der Waals surface area contributed by atoms with Crippen LogP contribution in [0.2, 0.25) is 0 Å². The number of hydrogen-bond donors (Lipinski definition) is 2. The molecule has 7 heteroatoms. The highest BCUT2D eigenvalue weighted by atomic mass is 32.1. The third-order valence-electron chi connectivity index (χ3n) is 3.88. The summed E-state index contributed by atoms with van der Waals surface area (Å²) in [5, 5.41) is 10.7. The lowest BCUT2D eigenvalue weighted by Crippen LogP contribution is -2.20. The molecule has 0 radical (unpaired) electrons. The first-order chi connectivity index (χ1) is 12.5. The molecule has 6 nitrogen and oxygen atoms in total. The van der Waals surface area contributed by atoms with Gasteiger partial charge in [-0.15, -0.1) is 5.10 Å². The topological polar surface area (TPSA) is 71.8 Å². The maximum atomic E-state index is 11.5. The van der Waals surface area contributed by atoms with Gasteiger partial charge in [0, 0.05) is 11.3 Å². The predicted molar refractivity (Wildman–Crippen MR) is 107 cm³/mol. The molecular formula is C19H19N5OS. The fraction of sp³-hybridized carbons (Fsp3) is 0.158. The summed E-state index contributed by atoms with van der Waals surface area (Å²) < 4.78 is 1.75. The minimum Gasteiger partial charge on any atom is -0.332 e. The van der Waals surface area contributed by atoms with Crippen molar-refractivity contribution in [3.8, 4) is 0 Å². The van der Waals surface area contributed by atoms with Crippen molar-refractivity contribution in [1.29, 1.82) is 0 Å². The number of anilines is 2. The van der Waals surface area contributed by atoms with Crippen molar-refractivity contribution in [2.24, 2.45) is 0 Å². The highest BCUT2D eigenvalue weighted by Gasteiger charge is 2.06. The lowest BCUT2D eigenvalue weighted by Gasteiger charge is -2.09. The van der Waals surface area contributed by atoms with E-state index in [0.29, 0.717) is 23.2 Å². The Labute approximate surface area is 157 Å². The minimum absolute atomic E-state index is 0.00384. The molecule has 0 aliphatic carbocycles. The summed E-state index contributed by atoms with van der Waals surface area (Å²) in [5.41, 5.74) is 3.75. The van der Waals surface area contributed by atoms with Gasteiger partial charge in [-0.25, -0.2) is 9.67 Å². The maximum absolute atomic E-state index is 11.5. The molecule has 0 fully saturated rings. The second-order valence-corrected chi connectivity index (χ2v) is 6.32. The third kappa shape index (κ3) is 4.52. The van der Waals surface area contributed by atoms with Crippen LogP contribution in [0, 0.1) is 6.92 Å². The molecule has 3 aromatic rings. The zero-order chi connectivity index (χ0) is 18.5. The second kappa shape index (κ2) is 7.88. The monoisotopic (exact) mass is 365 g/mol. The molecule has 0 atom stereocenters. The van der Waals surface area contributed by atoms with Crippen molar-refractivity contribution in [1.82, 2.24) is 14.8 Å². The number of rotatable bonds is 5. The molecule has 0 saturated carbocycles. The van der Waals surface area contributed by atoms with Gasteiger partial charge in [0.25, 0.3) is 0 Å². The van der Waals surface area contributed by atoms with Crippen LogP contribution in [0.3, 0.4) is 0 Å². The molecule has 3 rings (SSSR count). The Morgan fingerprint density at radius 2 is 1.96 bits per heavy atom. The standard InChI is InChI=1S/C19H19N5OS/c1-13-6-3-4-7-16(13)11-24-12-20-18(23-24)22-19(26)21-17-9-5-8-15(10-17)14(2)25/h3-10,12H,11H2,1-2H3,(H2,21,22,23,26). The van der Waals surface area contributed by atoms with Gasteiger partial charge in [-0.2, -0.15) is 0 Å². The molecule has 0 spiro atoms. The zero-order valence-corrected chi connectivity index (χ0v) is 15.4. The number of ketones is 1. The Morgan fingerprint density at radius 1 is 1.15 bits per heavy atom. The number of aromatic nitrogens is 3. The van der Waals surface area contributed by atoms with Crippen LogP contribution >= 0.6 is 12.2 Å². The van der Waals surface area contributed by atoms with Gasteiger partial charge >= 0.3 is 0 Å². The van der Waals surface area contributed by atoms with E-state index in [4.69, 9.17) is 12.2 Å². The zero-order valence-electron chi connectivity index (χ0n) is 14.6. The number of aryl methyl sites for hydroxylation is 1. The second-order valence-electron chi connectivity index (χ2n) is 5.91. The van der Waals surface area contributed by atoms with Crippen LogP contribution in [0.1, 0.15) is 28.4 Å². The number of nitrogens with one attached hydrogen (secondary N) is 2. The van der Waals surface area contributed by atoms with Gasteiger partial charge in [0.1, 0.15) is 6.33 Å². The largest absolute Gasteiger partial charge is 0.332 e. The first-order valence-electron chi connectivity index (χ1n) is 8.14. The van der Waals surface area contributed by atoms with Crippen molar-refractivity contribution in [3.05, 3.63) is 71.5 Å². The number of hydrogen-bond acceptors (Lipinski definition) is 4. The summed E-state index contributed by atoms with van der Waals surface area (Å²) in [5.74, 6) is 0.419. The molecule has 2 aromatic carbocycles. The van der Waals surface area contributed by atoms with Crippen molar-refractivity contribution in [3.63, 3.8) is 0 Å². The van der Waals surface area contributed by atoms with E-state index in [0.717, 1.165) is 5.69 Å². The number of Topliss-reactive ketones (excluding diaryl/α,β-unsaturated/α-hetero) is 1. The maximum Gasteiger partial charge on any atom is 0.248 e. The summed E-state index contributed by atoms with van der Waals surface area (Å²) in [6, 6.07) is 15.3. The van der Waals surface area contributed by atoms with Crippen molar-refractivity contribution in [2.45, 2.75) is 20.4 Å². The molecular weight excluding hydrogens is 346 g/mol. The van der Waals surface area contributed by atoms with Gasteiger partial charge < -0.3 is 5.32 Å². The van der Waals surface area contributed by atoms with Gasteiger partial charge in [-0.05, 0) is 49.3 Å². The number of nitrogens with zero attached hydrogens (tertiary/aromatic N) is 3. The van der Waals surface area contributed by atoms with Crippen LogP contribution in [-0.4, -0.2) is 25.7 Å². The predicted octanol–water partition coefficient (Wildman–Crippen LogP) is 3.65. The normalized spacial score (nSPS) is 10.4. The smallest absolute Gasteiger partial charge is 0.248 e. The molecule has 2 N–H and O–H groups in total. The molecule has 1 heterocycles. The SMILES string of the molecule is CC(=O)c1cccc(NC(=S)Nc2ncn(Cc3ccccc3C)n2)c1. The lowest BCUT2D eigenvalue weighted by atomic mass is 10.1. The van der Waals surface area contributed by atoms with E-state index < -0.39 is 0 Å². The molecule has 1 aromatic heterocycles. The Kier molecular flexibility index (Phi) is 5.38. The molecule has 132 valence electrons. The molecule has 0 saturated heterocycles. The third-order valence-corrected chi connectivity index (χ3v) is 4.09. The summed E-state index contributed by atoms with van der Waals surface area (Å²) in [4.78, 5) is 15.7. The van der Waals surface area contributed by atoms with Crippen molar-refractivity contribution in [2.75, 3.05) is 10.6 Å². The molecule has 0 aliphatic heterocycles. The minimum atomic E-state index is 0.00384. The number of benzene rings is 2. The van der Waals surface area contributed by atoms with E-state index in [1.807, 2.05) is 18.2 Å². The van der Waals surface area contributed by atoms with Crippen molar-refractivity contribution >= 4 is 34.7 Å². The fourth-order valence-corrected chi connectivity index (χ4v) is 2.68. The van der Waals surface area contributed by atoms with Gasteiger partial charge in [0.15, 0.2) is 10.9 Å². The average Bonchev–Trinajstić information content (AvgIpc) is 3.04. The van der Waals surface area contributed by atoms with Crippen LogP contribution < -0.4 is 10.6 Å². The summed E-state index contributed by atoms with van der Waals surface area (Å²) in [7, 11) is 0. The van der Waals surface area contributed by atoms with E-state index >= 15 is 0 Å². The lowest BCUT2D eigenvalue weighted by molar-refractivity contribution is 0.101. The number of carbonyl (C=O) groups excluding carboxylic acids is 1. The summed E-state index contributed by atoms with van der Waals surface area (Å²) >= 11 is 5.29. The van der Waals surface area contributed by atoms with E-state index in [1.165, 1.54) is 18.1 Å². The molecule has 0 aliphatic rings. The quantitative estimate of drug-likeness (QED) is 0.531. The fourth-order valence-electron chi connectivity index (χ4n) is 2.47. The summed E-state index contributed by atoms with van der Waals surface area (Å²) in [6.45, 7) is 4.24. The molecule has 26 heavy (non-hydrogen) atoms. The number of thiocarbonyl (C=S) groups is 1. The van der Waals surface area contributed by atoms with Crippen LogP contribution in [0.15, 0.2) is 54.9 Å². The average molecular weight is 365 g/mol. The van der Waals surface area contributed by atoms with Gasteiger partial charge in [0.05, 0.1) is 6.54 Å². The Hall–Kier alpha value is -3.06. The van der Waals surface area contributed by atoms with Gasteiger partial charge in [-0.1, -0.05) is 36.4 Å². The van der Waals surface area contributed by atoms with Crippen LogP contribution in [-0.2, 0) is 6.54 Å². The van der Waals surface area contributed by atoms with E-state index in [1.54, 1.807) is 29.2 Å². The number of carbonyl (C=O) groups is 1. The first-order valence-corrected chi connectivity index (χ1v) is 8.55. The van der Waals surface area contributed by atoms with E-state index in [9.17, 15) is 4.79 Å². The van der Waals surface area contributed by atoms with Crippen molar-refractivity contribution < 1.29 is 4.79 Å². The highest BCUT2D eigenvalue weighted by molar-refractivity contribution is 7.80. The van der Waals surface area contributed by atoms with Crippen LogP contribution in [0.25, 0.3) is 0 Å². The molecule has 0 bridgehead atoms. The Balaban J connectivity index is 1.62. The molecule has 0 amide bonds. The summed E-state index contributed by atoms with van der Waals surface area (Å²) in [6.07, 6.45) is 1.66. The first kappa shape index (κ1) is 17.8. The molecule has 0 unspecified atom stereocenters. The Bertz CT molecular complexity index is 950. The Morgan fingerprint density at radius 3 is 2.73 bits per heavy atom. The van der Waals surface area contributed by atoms with Gasteiger partial charge in [0.2, 0.25) is 5.95 Å².